The van der Waals surface area contributed by atoms with Crippen LogP contribution in [0, 0.1) is 0 Å². The van der Waals surface area contributed by atoms with Gasteiger partial charge in [-0.05, 0) is 18.6 Å². The van der Waals surface area contributed by atoms with Crippen LogP contribution in [0.1, 0.15) is 12.8 Å². The first-order valence-corrected chi connectivity index (χ1v) is 7.42. The molecular weight excluding hydrogens is 286 g/mol. The second-order valence-corrected chi connectivity index (χ2v) is 5.90. The lowest BCUT2D eigenvalue weighted by Crippen LogP contribution is -2.23. The topological polar surface area (TPSA) is 47.6 Å². The van der Waals surface area contributed by atoms with Gasteiger partial charge in [-0.1, -0.05) is 11.6 Å². The Balaban J connectivity index is 2.20. The molecule has 1 aromatic rings. The highest BCUT2D eigenvalue weighted by Crippen LogP contribution is 2.36. The summed E-state index contributed by atoms with van der Waals surface area (Å²) in [7, 11) is 3.07. The van der Waals surface area contributed by atoms with Crippen molar-refractivity contribution < 1.29 is 14.3 Å². The maximum atomic E-state index is 12.1. The summed E-state index contributed by atoms with van der Waals surface area (Å²) >= 11 is 7.71. The predicted molar refractivity (Wildman–Crippen MR) is 78.7 cm³/mol. The molecule has 1 fully saturated rings. The van der Waals surface area contributed by atoms with Gasteiger partial charge in [0, 0.05) is 12.1 Å². The summed E-state index contributed by atoms with van der Waals surface area (Å²) in [6.45, 7) is 0. The normalized spacial score (nSPS) is 18.2. The third kappa shape index (κ3) is 3.28. The van der Waals surface area contributed by atoms with Gasteiger partial charge in [0.1, 0.15) is 11.5 Å². The Bertz CT molecular complexity index is 475. The van der Waals surface area contributed by atoms with Crippen LogP contribution in [0.4, 0.5) is 5.69 Å². The van der Waals surface area contributed by atoms with E-state index in [-0.39, 0.29) is 11.2 Å². The lowest BCUT2D eigenvalue weighted by molar-refractivity contribution is -0.115. The Morgan fingerprint density at radius 1 is 1.37 bits per heavy atom. The molecular formula is C13H16ClNO3S. The van der Waals surface area contributed by atoms with Crippen molar-refractivity contribution in [2.75, 3.05) is 25.3 Å². The Morgan fingerprint density at radius 3 is 2.68 bits per heavy atom. The molecule has 0 spiro atoms. The molecule has 0 bridgehead atoms. The van der Waals surface area contributed by atoms with Crippen LogP contribution in [-0.2, 0) is 4.79 Å². The summed E-state index contributed by atoms with van der Waals surface area (Å²) < 4.78 is 10.4. The second-order valence-electron chi connectivity index (χ2n) is 4.18. The SMILES string of the molecule is COc1cc(NC(=O)C2CCCS2)c(OC)cc1Cl. The number of carbonyl (C=O) groups excluding carboxylic acids is 1. The number of amides is 1. The van der Waals surface area contributed by atoms with Crippen molar-refractivity contribution in [2.24, 2.45) is 0 Å². The highest BCUT2D eigenvalue weighted by molar-refractivity contribution is 8.00. The van der Waals surface area contributed by atoms with Crippen LogP contribution >= 0.6 is 23.4 Å². The van der Waals surface area contributed by atoms with Crippen molar-refractivity contribution in [3.8, 4) is 11.5 Å². The van der Waals surface area contributed by atoms with Gasteiger partial charge in [-0.25, -0.2) is 0 Å². The quantitative estimate of drug-likeness (QED) is 0.928. The lowest BCUT2D eigenvalue weighted by Gasteiger charge is -2.15. The summed E-state index contributed by atoms with van der Waals surface area (Å²) in [5, 5.41) is 3.35. The van der Waals surface area contributed by atoms with Crippen LogP contribution in [0.5, 0.6) is 11.5 Å². The molecule has 4 nitrogen and oxygen atoms in total. The third-order valence-electron chi connectivity index (χ3n) is 2.95. The first-order valence-electron chi connectivity index (χ1n) is 5.99. The van der Waals surface area contributed by atoms with Gasteiger partial charge in [0.25, 0.3) is 0 Å². The molecule has 1 atom stereocenters. The van der Waals surface area contributed by atoms with Gasteiger partial charge in [0.05, 0.1) is 30.2 Å². The first kappa shape index (κ1) is 14.3. The number of hydrogen-bond acceptors (Lipinski definition) is 4. The molecule has 1 saturated heterocycles. The molecule has 19 heavy (non-hydrogen) atoms. The molecule has 104 valence electrons. The smallest absolute Gasteiger partial charge is 0.237 e. The van der Waals surface area contributed by atoms with Crippen LogP contribution in [0.2, 0.25) is 5.02 Å². The van der Waals surface area contributed by atoms with Crippen molar-refractivity contribution in [3.63, 3.8) is 0 Å². The second kappa shape index (κ2) is 6.39. The largest absolute Gasteiger partial charge is 0.495 e. The molecule has 0 aromatic heterocycles. The van der Waals surface area contributed by atoms with Crippen molar-refractivity contribution in [1.82, 2.24) is 0 Å². The average Bonchev–Trinajstić information content (AvgIpc) is 2.94. The molecule has 0 aliphatic carbocycles. The zero-order valence-electron chi connectivity index (χ0n) is 10.9. The van der Waals surface area contributed by atoms with Gasteiger partial charge < -0.3 is 14.8 Å². The fourth-order valence-corrected chi connectivity index (χ4v) is 3.35. The molecule has 1 amide bonds. The molecule has 1 aliphatic rings. The number of thioether (sulfide) groups is 1. The first-order chi connectivity index (χ1) is 9.15. The third-order valence-corrected chi connectivity index (χ3v) is 4.63. The van der Waals surface area contributed by atoms with Crippen molar-refractivity contribution in [1.29, 1.82) is 0 Å². The molecule has 6 heteroatoms. The molecule has 2 rings (SSSR count). The molecule has 1 N–H and O–H groups in total. The predicted octanol–water partition coefficient (Wildman–Crippen LogP) is 3.19. The number of nitrogens with one attached hydrogen (secondary N) is 1. The van der Waals surface area contributed by atoms with Gasteiger partial charge in [-0.2, -0.15) is 0 Å². The van der Waals surface area contributed by atoms with E-state index in [4.69, 9.17) is 21.1 Å². The van der Waals surface area contributed by atoms with Gasteiger partial charge in [0.15, 0.2) is 0 Å². The van der Waals surface area contributed by atoms with Gasteiger partial charge >= 0.3 is 0 Å². The van der Waals surface area contributed by atoms with E-state index in [1.165, 1.54) is 14.2 Å². The highest BCUT2D eigenvalue weighted by atomic mass is 35.5. The van der Waals surface area contributed by atoms with Gasteiger partial charge in [-0.3, -0.25) is 4.79 Å². The van der Waals surface area contributed by atoms with E-state index in [1.54, 1.807) is 23.9 Å². The van der Waals surface area contributed by atoms with E-state index in [2.05, 4.69) is 5.32 Å². The van der Waals surface area contributed by atoms with Gasteiger partial charge in [0.2, 0.25) is 5.91 Å². The lowest BCUT2D eigenvalue weighted by atomic mass is 10.2. The Kier molecular flexibility index (Phi) is 4.82. The maximum absolute atomic E-state index is 12.1. The van der Waals surface area contributed by atoms with E-state index in [0.717, 1.165) is 18.6 Å². The molecule has 0 saturated carbocycles. The summed E-state index contributed by atoms with van der Waals surface area (Å²) in [5.74, 6) is 2.09. The summed E-state index contributed by atoms with van der Waals surface area (Å²) in [5.41, 5.74) is 0.584. The molecule has 1 aromatic carbocycles. The van der Waals surface area contributed by atoms with E-state index in [0.29, 0.717) is 22.2 Å². The Hall–Kier alpha value is -1.07. The average molecular weight is 302 g/mol. The fraction of sp³-hybridized carbons (Fsp3) is 0.462. The van der Waals surface area contributed by atoms with E-state index < -0.39 is 0 Å². The zero-order chi connectivity index (χ0) is 13.8. The number of halogens is 1. The van der Waals surface area contributed by atoms with Gasteiger partial charge in [-0.15, -0.1) is 11.8 Å². The van der Waals surface area contributed by atoms with Crippen LogP contribution < -0.4 is 14.8 Å². The van der Waals surface area contributed by atoms with Crippen LogP contribution in [0.25, 0.3) is 0 Å². The van der Waals surface area contributed by atoms with Crippen LogP contribution in [-0.4, -0.2) is 31.1 Å². The number of rotatable bonds is 4. The van der Waals surface area contributed by atoms with Crippen LogP contribution in [0.3, 0.4) is 0 Å². The number of methoxy groups -OCH3 is 2. The minimum absolute atomic E-state index is 0.00479. The Labute approximate surface area is 121 Å². The highest BCUT2D eigenvalue weighted by Gasteiger charge is 2.24. The number of carbonyl (C=O) groups is 1. The van der Waals surface area contributed by atoms with Crippen molar-refractivity contribution in [2.45, 2.75) is 18.1 Å². The fourth-order valence-electron chi connectivity index (χ4n) is 1.96. The number of benzene rings is 1. The summed E-state index contributed by atoms with van der Waals surface area (Å²) in [6.07, 6.45) is 2.01. The molecule has 0 radical (unpaired) electrons. The minimum Gasteiger partial charge on any atom is -0.495 e. The summed E-state index contributed by atoms with van der Waals surface area (Å²) in [6, 6.07) is 3.32. The van der Waals surface area contributed by atoms with E-state index in [1.807, 2.05) is 0 Å². The molecule has 1 heterocycles. The maximum Gasteiger partial charge on any atom is 0.237 e. The van der Waals surface area contributed by atoms with Crippen molar-refractivity contribution >= 4 is 35.0 Å². The van der Waals surface area contributed by atoms with Crippen molar-refractivity contribution in [3.05, 3.63) is 17.2 Å². The molecule has 1 unspecified atom stereocenters. The van der Waals surface area contributed by atoms with Crippen LogP contribution in [0.15, 0.2) is 12.1 Å². The monoisotopic (exact) mass is 301 g/mol. The zero-order valence-corrected chi connectivity index (χ0v) is 12.4. The Morgan fingerprint density at radius 2 is 2.11 bits per heavy atom. The molecule has 1 aliphatic heterocycles. The number of hydrogen-bond donors (Lipinski definition) is 1. The van der Waals surface area contributed by atoms with E-state index in [9.17, 15) is 4.79 Å². The standard InChI is InChI=1S/C13H16ClNO3S/c1-17-10-7-9(11(18-2)6-8(10)14)15-13(16)12-4-3-5-19-12/h6-7,12H,3-5H2,1-2H3,(H,15,16). The number of anilines is 1. The summed E-state index contributed by atoms with van der Waals surface area (Å²) in [4.78, 5) is 12.1. The number of ether oxygens (including phenoxy) is 2. The minimum atomic E-state index is 0.00479. The van der Waals surface area contributed by atoms with E-state index >= 15 is 0 Å².